The van der Waals surface area contributed by atoms with E-state index in [1.165, 1.54) is 37.1 Å². The van der Waals surface area contributed by atoms with Gasteiger partial charge in [0.05, 0.1) is 0 Å². The molecule has 1 aromatic heterocycles. The van der Waals surface area contributed by atoms with Crippen LogP contribution in [0.4, 0.5) is 5.82 Å². The minimum absolute atomic E-state index is 0.493. The molecule has 0 aromatic carbocycles. The molecule has 1 aromatic rings. The van der Waals surface area contributed by atoms with E-state index in [4.69, 9.17) is 0 Å². The third kappa shape index (κ3) is 4.96. The first kappa shape index (κ1) is 16.8. The molecule has 0 bridgehead atoms. The summed E-state index contributed by atoms with van der Waals surface area (Å²) < 4.78 is 1.06. The van der Waals surface area contributed by atoms with E-state index in [1.807, 2.05) is 6.20 Å². The van der Waals surface area contributed by atoms with Crippen LogP contribution in [0.1, 0.15) is 52.0 Å². The second-order valence-corrected chi connectivity index (χ2v) is 7.31. The van der Waals surface area contributed by atoms with Crippen molar-refractivity contribution in [2.75, 3.05) is 18.0 Å². The molecule has 3 nitrogen and oxygen atoms in total. The minimum Gasteiger partial charge on any atom is -0.356 e. The molecule has 1 N–H and O–H groups in total. The normalized spacial score (nSPS) is 16.7. The number of halogens is 1. The van der Waals surface area contributed by atoms with E-state index in [9.17, 15) is 0 Å². The number of nitrogens with zero attached hydrogens (tertiary/aromatic N) is 2. The van der Waals surface area contributed by atoms with Gasteiger partial charge in [0.1, 0.15) is 5.82 Å². The highest BCUT2D eigenvalue weighted by Crippen LogP contribution is 2.28. The van der Waals surface area contributed by atoms with Gasteiger partial charge in [-0.15, -0.1) is 0 Å². The van der Waals surface area contributed by atoms with Crippen molar-refractivity contribution >= 4 is 21.7 Å². The topological polar surface area (TPSA) is 28.2 Å². The van der Waals surface area contributed by atoms with Crippen LogP contribution in [-0.4, -0.2) is 24.1 Å². The fraction of sp³-hybridized carbons (Fsp3) is 0.706. The maximum absolute atomic E-state index is 4.69. The van der Waals surface area contributed by atoms with Crippen LogP contribution in [0.2, 0.25) is 0 Å². The van der Waals surface area contributed by atoms with Crippen LogP contribution in [0.3, 0.4) is 0 Å². The Hall–Kier alpha value is -0.610. The summed E-state index contributed by atoms with van der Waals surface area (Å²) in [5, 5.41) is 3.51. The molecular formula is C17H28BrN3. The Kier molecular flexibility index (Phi) is 6.49. The SMILES string of the molecule is CCCC1CCN(c2ncc(Br)cc2CNC(C)C)CC1. The molecule has 2 rings (SSSR count). The third-order valence-electron chi connectivity index (χ3n) is 4.22. The molecule has 2 heterocycles. The van der Waals surface area contributed by atoms with Gasteiger partial charge in [0.25, 0.3) is 0 Å². The number of hydrogen-bond acceptors (Lipinski definition) is 3. The van der Waals surface area contributed by atoms with Crippen LogP contribution in [0, 0.1) is 5.92 Å². The van der Waals surface area contributed by atoms with Gasteiger partial charge in [0.2, 0.25) is 0 Å². The standard InChI is InChI=1S/C17H28BrN3/c1-4-5-14-6-8-21(9-7-14)17-15(11-19-13(2)3)10-16(18)12-20-17/h10,12-14,19H,4-9,11H2,1-3H3. The molecule has 1 saturated heterocycles. The molecule has 21 heavy (non-hydrogen) atoms. The number of anilines is 1. The average molecular weight is 354 g/mol. The number of nitrogens with one attached hydrogen (secondary N) is 1. The predicted octanol–water partition coefficient (Wildman–Crippen LogP) is 4.36. The Bertz CT molecular complexity index is 440. The first-order chi connectivity index (χ1) is 10.1. The number of aromatic nitrogens is 1. The van der Waals surface area contributed by atoms with Crippen molar-refractivity contribution < 1.29 is 0 Å². The molecule has 1 fully saturated rings. The Labute approximate surface area is 137 Å². The molecule has 0 saturated carbocycles. The van der Waals surface area contributed by atoms with Crippen LogP contribution in [0.5, 0.6) is 0 Å². The molecule has 1 aliphatic heterocycles. The second kappa shape index (κ2) is 8.14. The van der Waals surface area contributed by atoms with Crippen LogP contribution in [0.25, 0.3) is 0 Å². The summed E-state index contributed by atoms with van der Waals surface area (Å²) in [6, 6.07) is 2.70. The number of piperidine rings is 1. The third-order valence-corrected chi connectivity index (χ3v) is 4.65. The summed E-state index contributed by atoms with van der Waals surface area (Å²) in [4.78, 5) is 7.16. The first-order valence-corrected chi connectivity index (χ1v) is 9.02. The van der Waals surface area contributed by atoms with Gasteiger partial charge in [0, 0.05) is 41.9 Å². The quantitative estimate of drug-likeness (QED) is 0.823. The molecule has 1 aliphatic rings. The molecule has 4 heteroatoms. The molecule has 0 radical (unpaired) electrons. The summed E-state index contributed by atoms with van der Waals surface area (Å²) >= 11 is 3.55. The number of pyridine rings is 1. The minimum atomic E-state index is 0.493. The monoisotopic (exact) mass is 353 g/mol. The van der Waals surface area contributed by atoms with E-state index >= 15 is 0 Å². The van der Waals surface area contributed by atoms with Crippen LogP contribution in [0.15, 0.2) is 16.7 Å². The first-order valence-electron chi connectivity index (χ1n) is 8.23. The maximum atomic E-state index is 4.69. The van der Waals surface area contributed by atoms with Crippen molar-refractivity contribution in [3.8, 4) is 0 Å². The van der Waals surface area contributed by atoms with Gasteiger partial charge >= 0.3 is 0 Å². The van der Waals surface area contributed by atoms with Gasteiger partial charge in [-0.2, -0.15) is 0 Å². The highest BCUT2D eigenvalue weighted by atomic mass is 79.9. The zero-order chi connectivity index (χ0) is 15.2. The van der Waals surface area contributed by atoms with E-state index < -0.39 is 0 Å². The zero-order valence-electron chi connectivity index (χ0n) is 13.5. The summed E-state index contributed by atoms with van der Waals surface area (Å²) in [5.41, 5.74) is 1.30. The van der Waals surface area contributed by atoms with Gasteiger partial charge < -0.3 is 10.2 Å². The summed E-state index contributed by atoms with van der Waals surface area (Å²) in [5.74, 6) is 2.08. The van der Waals surface area contributed by atoms with Gasteiger partial charge in [-0.3, -0.25) is 0 Å². The van der Waals surface area contributed by atoms with Gasteiger partial charge in [-0.05, 0) is 40.8 Å². The van der Waals surface area contributed by atoms with Crippen molar-refractivity contribution in [1.29, 1.82) is 0 Å². The maximum Gasteiger partial charge on any atom is 0.133 e. The molecule has 0 amide bonds. The Balaban J connectivity index is 2.05. The van der Waals surface area contributed by atoms with E-state index in [0.29, 0.717) is 6.04 Å². The predicted molar refractivity (Wildman–Crippen MR) is 93.8 cm³/mol. The fourth-order valence-electron chi connectivity index (χ4n) is 3.04. The molecule has 0 spiro atoms. The number of rotatable bonds is 6. The van der Waals surface area contributed by atoms with Crippen molar-refractivity contribution in [1.82, 2.24) is 10.3 Å². The Morgan fingerprint density at radius 1 is 1.38 bits per heavy atom. The lowest BCUT2D eigenvalue weighted by Crippen LogP contribution is -2.35. The summed E-state index contributed by atoms with van der Waals surface area (Å²) in [7, 11) is 0. The van der Waals surface area contributed by atoms with E-state index in [1.54, 1.807) is 0 Å². The zero-order valence-corrected chi connectivity index (χ0v) is 15.1. The molecule has 0 atom stereocenters. The second-order valence-electron chi connectivity index (χ2n) is 6.39. The Morgan fingerprint density at radius 3 is 2.71 bits per heavy atom. The summed E-state index contributed by atoms with van der Waals surface area (Å²) in [6.07, 6.45) is 7.23. The van der Waals surface area contributed by atoms with E-state index in [-0.39, 0.29) is 0 Å². The highest BCUT2D eigenvalue weighted by Gasteiger charge is 2.21. The smallest absolute Gasteiger partial charge is 0.133 e. The van der Waals surface area contributed by atoms with Crippen LogP contribution in [-0.2, 0) is 6.54 Å². The van der Waals surface area contributed by atoms with Crippen molar-refractivity contribution in [3.05, 3.63) is 22.3 Å². The molecule has 118 valence electrons. The molecular weight excluding hydrogens is 326 g/mol. The van der Waals surface area contributed by atoms with E-state index in [0.717, 1.165) is 30.0 Å². The van der Waals surface area contributed by atoms with Gasteiger partial charge in [0.15, 0.2) is 0 Å². The lowest BCUT2D eigenvalue weighted by molar-refractivity contribution is 0.376. The van der Waals surface area contributed by atoms with Crippen LogP contribution < -0.4 is 10.2 Å². The van der Waals surface area contributed by atoms with Crippen LogP contribution >= 0.6 is 15.9 Å². The van der Waals surface area contributed by atoms with Gasteiger partial charge in [-0.25, -0.2) is 4.98 Å². The average Bonchev–Trinajstić information content (AvgIpc) is 2.46. The molecule has 0 unspecified atom stereocenters. The Morgan fingerprint density at radius 2 is 2.10 bits per heavy atom. The number of hydrogen-bond donors (Lipinski definition) is 1. The largest absolute Gasteiger partial charge is 0.356 e. The highest BCUT2D eigenvalue weighted by molar-refractivity contribution is 9.10. The summed E-state index contributed by atoms with van der Waals surface area (Å²) in [6.45, 7) is 9.83. The van der Waals surface area contributed by atoms with Crippen molar-refractivity contribution in [3.63, 3.8) is 0 Å². The molecule has 0 aliphatic carbocycles. The van der Waals surface area contributed by atoms with Crippen molar-refractivity contribution in [2.45, 2.75) is 59.0 Å². The fourth-order valence-corrected chi connectivity index (χ4v) is 3.42. The lowest BCUT2D eigenvalue weighted by Gasteiger charge is -2.34. The van der Waals surface area contributed by atoms with Crippen molar-refractivity contribution in [2.24, 2.45) is 5.92 Å². The van der Waals surface area contributed by atoms with E-state index in [2.05, 4.69) is 58.0 Å². The lowest BCUT2D eigenvalue weighted by atomic mass is 9.92. The van der Waals surface area contributed by atoms with Gasteiger partial charge in [-0.1, -0.05) is 33.6 Å².